The van der Waals surface area contributed by atoms with Crippen LogP contribution in [0.4, 0.5) is 14.9 Å². The summed E-state index contributed by atoms with van der Waals surface area (Å²) in [5.74, 6) is -0.230. The summed E-state index contributed by atoms with van der Waals surface area (Å²) in [5, 5.41) is 13.4. The molecule has 0 spiro atoms. The van der Waals surface area contributed by atoms with E-state index in [1.54, 1.807) is 17.0 Å². The van der Waals surface area contributed by atoms with Crippen LogP contribution in [-0.4, -0.2) is 29.1 Å². The summed E-state index contributed by atoms with van der Waals surface area (Å²) in [6.45, 7) is 3.15. The topological polar surface area (TPSA) is 52.6 Å². The molecule has 2 N–H and O–H groups in total. The summed E-state index contributed by atoms with van der Waals surface area (Å²) >= 11 is 0. The summed E-state index contributed by atoms with van der Waals surface area (Å²) in [5.41, 5.74) is 2.57. The molecular formula is C20H23FN2O2. The van der Waals surface area contributed by atoms with Crippen LogP contribution in [0.25, 0.3) is 0 Å². The van der Waals surface area contributed by atoms with Crippen LogP contribution in [0.1, 0.15) is 30.1 Å². The van der Waals surface area contributed by atoms with Crippen LogP contribution in [-0.2, 0) is 0 Å². The molecule has 132 valence electrons. The zero-order chi connectivity index (χ0) is 17.8. The van der Waals surface area contributed by atoms with Gasteiger partial charge in [0.1, 0.15) is 5.82 Å². The number of anilines is 1. The standard InChI is InChI=1S/C20H23FN2O2/c1-14-4-2-3-5-18(14)22-20(25)23-12-10-16(11-13-23)19(24)15-6-8-17(21)9-7-15/h2-9,16,19,24H,10-13H2,1H3,(H,22,25). The van der Waals surface area contributed by atoms with Gasteiger partial charge in [-0.05, 0) is 55.0 Å². The van der Waals surface area contributed by atoms with E-state index < -0.39 is 6.10 Å². The third-order valence-electron chi connectivity index (χ3n) is 4.87. The van der Waals surface area contributed by atoms with E-state index in [4.69, 9.17) is 0 Å². The first-order valence-electron chi connectivity index (χ1n) is 8.59. The van der Waals surface area contributed by atoms with Gasteiger partial charge < -0.3 is 15.3 Å². The minimum atomic E-state index is -0.623. The number of para-hydroxylation sites is 1. The van der Waals surface area contributed by atoms with Gasteiger partial charge in [-0.3, -0.25) is 0 Å². The molecule has 1 aliphatic rings. The minimum absolute atomic E-state index is 0.0768. The molecule has 2 amide bonds. The van der Waals surface area contributed by atoms with E-state index in [9.17, 15) is 14.3 Å². The summed E-state index contributed by atoms with van der Waals surface area (Å²) in [6.07, 6.45) is 0.821. The number of carbonyl (C=O) groups excluding carboxylic acids is 1. The van der Waals surface area contributed by atoms with Crippen molar-refractivity contribution >= 4 is 11.7 Å². The minimum Gasteiger partial charge on any atom is -0.388 e. The third-order valence-corrected chi connectivity index (χ3v) is 4.87. The molecule has 1 heterocycles. The van der Waals surface area contributed by atoms with Gasteiger partial charge in [-0.2, -0.15) is 0 Å². The van der Waals surface area contributed by atoms with Gasteiger partial charge in [0.15, 0.2) is 0 Å². The number of halogens is 1. The Bertz CT molecular complexity index is 725. The number of urea groups is 1. The molecule has 2 aromatic rings. The van der Waals surface area contributed by atoms with Crippen LogP contribution in [0.5, 0.6) is 0 Å². The lowest BCUT2D eigenvalue weighted by Crippen LogP contribution is -2.42. The smallest absolute Gasteiger partial charge is 0.321 e. The highest BCUT2D eigenvalue weighted by atomic mass is 19.1. The average Bonchev–Trinajstić information content (AvgIpc) is 2.64. The van der Waals surface area contributed by atoms with Crippen molar-refractivity contribution < 1.29 is 14.3 Å². The van der Waals surface area contributed by atoms with Crippen molar-refractivity contribution in [2.75, 3.05) is 18.4 Å². The average molecular weight is 342 g/mol. The molecule has 4 nitrogen and oxygen atoms in total. The number of piperidine rings is 1. The van der Waals surface area contributed by atoms with Crippen molar-refractivity contribution in [3.05, 3.63) is 65.5 Å². The van der Waals surface area contributed by atoms with Gasteiger partial charge in [-0.25, -0.2) is 9.18 Å². The number of hydrogen-bond acceptors (Lipinski definition) is 2. The number of aliphatic hydroxyl groups excluding tert-OH is 1. The van der Waals surface area contributed by atoms with Gasteiger partial charge in [0.25, 0.3) is 0 Å². The number of amides is 2. The maximum atomic E-state index is 13.0. The highest BCUT2D eigenvalue weighted by Gasteiger charge is 2.28. The number of nitrogens with zero attached hydrogens (tertiary/aromatic N) is 1. The molecule has 0 aromatic heterocycles. The van der Waals surface area contributed by atoms with Crippen molar-refractivity contribution in [2.45, 2.75) is 25.9 Å². The Morgan fingerprint density at radius 3 is 2.44 bits per heavy atom. The van der Waals surface area contributed by atoms with E-state index in [0.29, 0.717) is 13.1 Å². The molecule has 0 bridgehead atoms. The largest absolute Gasteiger partial charge is 0.388 e. The lowest BCUT2D eigenvalue weighted by molar-refractivity contribution is 0.0682. The Kier molecular flexibility index (Phi) is 5.34. The van der Waals surface area contributed by atoms with Crippen LogP contribution < -0.4 is 5.32 Å². The summed E-state index contributed by atoms with van der Waals surface area (Å²) < 4.78 is 13.0. The lowest BCUT2D eigenvalue weighted by Gasteiger charge is -2.34. The van der Waals surface area contributed by atoms with Crippen molar-refractivity contribution in [1.82, 2.24) is 4.90 Å². The number of carbonyl (C=O) groups is 1. The van der Waals surface area contributed by atoms with Crippen molar-refractivity contribution in [3.8, 4) is 0 Å². The van der Waals surface area contributed by atoms with E-state index >= 15 is 0 Å². The molecule has 5 heteroatoms. The second kappa shape index (κ2) is 7.66. The fourth-order valence-corrected chi connectivity index (χ4v) is 3.26. The second-order valence-corrected chi connectivity index (χ2v) is 6.57. The Hall–Kier alpha value is -2.40. The van der Waals surface area contributed by atoms with Gasteiger partial charge in [0, 0.05) is 18.8 Å². The summed E-state index contributed by atoms with van der Waals surface area (Å²) in [4.78, 5) is 14.2. The number of nitrogens with one attached hydrogen (secondary N) is 1. The molecule has 1 fully saturated rings. The highest BCUT2D eigenvalue weighted by molar-refractivity contribution is 5.90. The molecular weight excluding hydrogens is 319 g/mol. The molecule has 1 saturated heterocycles. The Morgan fingerprint density at radius 2 is 1.80 bits per heavy atom. The predicted octanol–water partition coefficient (Wildman–Crippen LogP) is 4.11. The number of aryl methyl sites for hydroxylation is 1. The zero-order valence-corrected chi connectivity index (χ0v) is 14.3. The van der Waals surface area contributed by atoms with Crippen LogP contribution in [0, 0.1) is 18.7 Å². The molecule has 25 heavy (non-hydrogen) atoms. The molecule has 3 rings (SSSR count). The molecule has 0 aliphatic carbocycles. The SMILES string of the molecule is Cc1ccccc1NC(=O)N1CCC(C(O)c2ccc(F)cc2)CC1. The Labute approximate surface area is 147 Å². The maximum Gasteiger partial charge on any atom is 0.321 e. The van der Waals surface area contributed by atoms with E-state index in [2.05, 4.69) is 5.32 Å². The Balaban J connectivity index is 1.55. The molecule has 1 unspecified atom stereocenters. The molecule has 1 atom stereocenters. The number of rotatable bonds is 3. The van der Waals surface area contributed by atoms with E-state index in [-0.39, 0.29) is 17.8 Å². The van der Waals surface area contributed by atoms with Gasteiger partial charge in [0.2, 0.25) is 0 Å². The van der Waals surface area contributed by atoms with E-state index in [1.165, 1.54) is 12.1 Å². The summed E-state index contributed by atoms with van der Waals surface area (Å²) in [6, 6.07) is 13.5. The zero-order valence-electron chi connectivity index (χ0n) is 14.3. The number of likely N-dealkylation sites (tertiary alicyclic amines) is 1. The van der Waals surface area contributed by atoms with Crippen molar-refractivity contribution in [1.29, 1.82) is 0 Å². The van der Waals surface area contributed by atoms with Gasteiger partial charge in [-0.15, -0.1) is 0 Å². The number of aliphatic hydroxyl groups is 1. The van der Waals surface area contributed by atoms with Crippen LogP contribution in [0.3, 0.4) is 0 Å². The monoisotopic (exact) mass is 342 g/mol. The normalized spacial score (nSPS) is 16.5. The van der Waals surface area contributed by atoms with Crippen LogP contribution in [0.15, 0.2) is 48.5 Å². The van der Waals surface area contributed by atoms with Crippen molar-refractivity contribution in [3.63, 3.8) is 0 Å². The first kappa shape index (κ1) is 17.4. The number of hydrogen-bond donors (Lipinski definition) is 2. The maximum absolute atomic E-state index is 13.0. The predicted molar refractivity (Wildman–Crippen MR) is 95.9 cm³/mol. The third kappa shape index (κ3) is 4.17. The van der Waals surface area contributed by atoms with Crippen LogP contribution >= 0.6 is 0 Å². The van der Waals surface area contributed by atoms with Gasteiger partial charge in [-0.1, -0.05) is 30.3 Å². The second-order valence-electron chi connectivity index (χ2n) is 6.57. The van der Waals surface area contributed by atoms with Crippen LogP contribution in [0.2, 0.25) is 0 Å². The molecule has 1 aliphatic heterocycles. The van der Waals surface area contributed by atoms with Crippen molar-refractivity contribution in [2.24, 2.45) is 5.92 Å². The highest BCUT2D eigenvalue weighted by Crippen LogP contribution is 2.31. The molecule has 0 radical (unpaired) electrons. The van der Waals surface area contributed by atoms with Gasteiger partial charge in [0.05, 0.1) is 6.10 Å². The van der Waals surface area contributed by atoms with Gasteiger partial charge >= 0.3 is 6.03 Å². The molecule has 2 aromatic carbocycles. The molecule has 0 saturated carbocycles. The van der Waals surface area contributed by atoms with E-state index in [0.717, 1.165) is 29.7 Å². The lowest BCUT2D eigenvalue weighted by atomic mass is 9.87. The fourth-order valence-electron chi connectivity index (χ4n) is 3.26. The number of benzene rings is 2. The first-order valence-corrected chi connectivity index (χ1v) is 8.59. The Morgan fingerprint density at radius 1 is 1.16 bits per heavy atom. The summed E-state index contributed by atoms with van der Waals surface area (Å²) in [7, 11) is 0. The van der Waals surface area contributed by atoms with E-state index in [1.807, 2.05) is 31.2 Å². The quantitative estimate of drug-likeness (QED) is 0.882. The first-order chi connectivity index (χ1) is 12.0. The fraction of sp³-hybridized carbons (Fsp3) is 0.350.